The van der Waals surface area contributed by atoms with E-state index in [1.54, 1.807) is 18.5 Å². The summed E-state index contributed by atoms with van der Waals surface area (Å²) < 4.78 is 0. The van der Waals surface area contributed by atoms with Crippen molar-refractivity contribution in [2.24, 2.45) is 0 Å². The van der Waals surface area contributed by atoms with Crippen LogP contribution in [0.2, 0.25) is 0 Å². The van der Waals surface area contributed by atoms with E-state index in [1.165, 1.54) is 0 Å². The van der Waals surface area contributed by atoms with Gasteiger partial charge >= 0.3 is 0 Å². The van der Waals surface area contributed by atoms with E-state index < -0.39 is 0 Å². The number of amides is 1. The first kappa shape index (κ1) is 11.5. The minimum absolute atomic E-state index is 0.123. The van der Waals surface area contributed by atoms with Gasteiger partial charge in [0, 0.05) is 11.3 Å². The van der Waals surface area contributed by atoms with Gasteiger partial charge in [-0.05, 0) is 42.8 Å². The van der Waals surface area contributed by atoms with Crippen LogP contribution in [0.4, 0.5) is 5.69 Å². The highest BCUT2D eigenvalue weighted by Crippen LogP contribution is 2.15. The van der Waals surface area contributed by atoms with Crippen LogP contribution in [0.1, 0.15) is 15.9 Å². The minimum Gasteiger partial charge on any atom is -0.345 e. The highest BCUT2D eigenvalue weighted by molar-refractivity contribution is 6.05. The van der Waals surface area contributed by atoms with E-state index in [0.717, 1.165) is 22.3 Å². The summed E-state index contributed by atoms with van der Waals surface area (Å²) in [5.41, 5.74) is 4.23. The Morgan fingerprint density at radius 1 is 1.21 bits per heavy atom. The lowest BCUT2D eigenvalue weighted by Gasteiger charge is -2.06. The molecule has 0 atom stereocenters. The molecule has 0 aliphatic carbocycles. The van der Waals surface area contributed by atoms with Crippen molar-refractivity contribution < 1.29 is 4.79 Å². The number of carbonyl (C=O) groups excluding carboxylic acids is 1. The van der Waals surface area contributed by atoms with Crippen LogP contribution in [0.25, 0.3) is 11.0 Å². The van der Waals surface area contributed by atoms with E-state index in [2.05, 4.69) is 15.3 Å². The SMILES string of the molecule is Cc1cccc(NC(=O)c2ccc3nc[nH]c3c2)c1. The Morgan fingerprint density at radius 2 is 2.11 bits per heavy atom. The Hall–Kier alpha value is -2.62. The van der Waals surface area contributed by atoms with Crippen LogP contribution in [0, 0.1) is 6.92 Å². The van der Waals surface area contributed by atoms with E-state index in [-0.39, 0.29) is 5.91 Å². The van der Waals surface area contributed by atoms with Gasteiger partial charge in [0.15, 0.2) is 0 Å². The van der Waals surface area contributed by atoms with E-state index in [4.69, 9.17) is 0 Å². The van der Waals surface area contributed by atoms with Gasteiger partial charge in [-0.15, -0.1) is 0 Å². The maximum Gasteiger partial charge on any atom is 0.255 e. The lowest BCUT2D eigenvalue weighted by molar-refractivity contribution is 0.102. The van der Waals surface area contributed by atoms with Crippen LogP contribution in [-0.4, -0.2) is 15.9 Å². The number of benzene rings is 2. The summed E-state index contributed by atoms with van der Waals surface area (Å²) in [5, 5.41) is 2.88. The molecule has 1 aromatic heterocycles. The lowest BCUT2D eigenvalue weighted by atomic mass is 10.1. The summed E-state index contributed by atoms with van der Waals surface area (Å²) >= 11 is 0. The fourth-order valence-corrected chi connectivity index (χ4v) is 2.00. The number of H-pyrrole nitrogens is 1. The molecule has 1 heterocycles. The highest BCUT2D eigenvalue weighted by Gasteiger charge is 2.07. The zero-order valence-corrected chi connectivity index (χ0v) is 10.5. The number of nitrogens with one attached hydrogen (secondary N) is 2. The first-order valence-corrected chi connectivity index (χ1v) is 6.03. The molecule has 0 spiro atoms. The molecule has 0 radical (unpaired) electrons. The van der Waals surface area contributed by atoms with Crippen LogP contribution in [-0.2, 0) is 0 Å². The number of nitrogens with zero attached hydrogens (tertiary/aromatic N) is 1. The molecule has 3 aromatic rings. The largest absolute Gasteiger partial charge is 0.345 e. The van der Waals surface area contributed by atoms with Gasteiger partial charge in [0.1, 0.15) is 0 Å². The average Bonchev–Trinajstić information content (AvgIpc) is 2.85. The summed E-state index contributed by atoms with van der Waals surface area (Å²) in [7, 11) is 0. The monoisotopic (exact) mass is 251 g/mol. The Morgan fingerprint density at radius 3 is 2.95 bits per heavy atom. The molecule has 2 N–H and O–H groups in total. The Bertz CT molecular complexity index is 746. The molecular formula is C15H13N3O. The number of aryl methyl sites for hydroxylation is 1. The molecule has 0 unspecified atom stereocenters. The van der Waals surface area contributed by atoms with Crippen LogP contribution < -0.4 is 5.32 Å². The molecule has 4 heteroatoms. The summed E-state index contributed by atoms with van der Waals surface area (Å²) in [5.74, 6) is -0.123. The quantitative estimate of drug-likeness (QED) is 0.735. The van der Waals surface area contributed by atoms with Crippen molar-refractivity contribution in [1.29, 1.82) is 0 Å². The fourth-order valence-electron chi connectivity index (χ4n) is 2.00. The predicted molar refractivity (Wildman–Crippen MR) is 75.2 cm³/mol. The Kier molecular flexibility index (Phi) is 2.76. The van der Waals surface area contributed by atoms with Gasteiger partial charge in [-0.25, -0.2) is 4.98 Å². The molecule has 0 saturated carbocycles. The lowest BCUT2D eigenvalue weighted by Crippen LogP contribution is -2.11. The topological polar surface area (TPSA) is 57.8 Å². The second kappa shape index (κ2) is 4.57. The molecule has 0 saturated heterocycles. The third-order valence-electron chi connectivity index (χ3n) is 2.96. The third-order valence-corrected chi connectivity index (χ3v) is 2.96. The number of carbonyl (C=O) groups is 1. The van der Waals surface area contributed by atoms with Crippen LogP contribution in [0.15, 0.2) is 48.8 Å². The second-order valence-electron chi connectivity index (χ2n) is 4.46. The number of rotatable bonds is 2. The number of imidazole rings is 1. The number of hydrogen-bond acceptors (Lipinski definition) is 2. The Balaban J connectivity index is 1.87. The van der Waals surface area contributed by atoms with Crippen LogP contribution in [0.5, 0.6) is 0 Å². The fraction of sp³-hybridized carbons (Fsp3) is 0.0667. The predicted octanol–water partition coefficient (Wildman–Crippen LogP) is 3.12. The van der Waals surface area contributed by atoms with Crippen molar-refractivity contribution in [1.82, 2.24) is 9.97 Å². The average molecular weight is 251 g/mol. The number of hydrogen-bond donors (Lipinski definition) is 2. The van der Waals surface area contributed by atoms with Gasteiger partial charge in [-0.2, -0.15) is 0 Å². The van der Waals surface area contributed by atoms with Crippen molar-refractivity contribution in [2.45, 2.75) is 6.92 Å². The van der Waals surface area contributed by atoms with Crippen molar-refractivity contribution in [3.63, 3.8) is 0 Å². The summed E-state index contributed by atoms with van der Waals surface area (Å²) in [6.45, 7) is 1.99. The number of aromatic nitrogens is 2. The van der Waals surface area contributed by atoms with E-state index in [1.807, 2.05) is 37.3 Å². The molecule has 4 nitrogen and oxygen atoms in total. The zero-order chi connectivity index (χ0) is 13.2. The summed E-state index contributed by atoms with van der Waals surface area (Å²) in [4.78, 5) is 19.3. The van der Waals surface area contributed by atoms with E-state index >= 15 is 0 Å². The standard InChI is InChI=1S/C15H13N3O/c1-10-3-2-4-12(7-10)18-15(19)11-5-6-13-14(8-11)17-9-16-13/h2-9H,1H3,(H,16,17)(H,18,19). The first-order valence-electron chi connectivity index (χ1n) is 6.03. The van der Waals surface area contributed by atoms with Crippen molar-refractivity contribution in [3.8, 4) is 0 Å². The normalized spacial score (nSPS) is 10.6. The molecule has 0 fully saturated rings. The third kappa shape index (κ3) is 2.33. The van der Waals surface area contributed by atoms with Gasteiger partial charge in [0.05, 0.1) is 17.4 Å². The van der Waals surface area contributed by atoms with Gasteiger partial charge in [0.25, 0.3) is 5.91 Å². The van der Waals surface area contributed by atoms with Crippen LogP contribution >= 0.6 is 0 Å². The number of anilines is 1. The van der Waals surface area contributed by atoms with E-state index in [9.17, 15) is 4.79 Å². The van der Waals surface area contributed by atoms with Gasteiger partial charge in [0.2, 0.25) is 0 Å². The van der Waals surface area contributed by atoms with Crippen molar-refractivity contribution >= 4 is 22.6 Å². The molecule has 3 rings (SSSR count). The zero-order valence-electron chi connectivity index (χ0n) is 10.5. The summed E-state index contributed by atoms with van der Waals surface area (Å²) in [6.07, 6.45) is 1.62. The first-order chi connectivity index (χ1) is 9.22. The van der Waals surface area contributed by atoms with Gasteiger partial charge < -0.3 is 10.3 Å². The molecule has 0 aliphatic rings. The number of fused-ring (bicyclic) bond motifs is 1. The molecule has 19 heavy (non-hydrogen) atoms. The minimum atomic E-state index is -0.123. The molecule has 94 valence electrons. The van der Waals surface area contributed by atoms with E-state index in [0.29, 0.717) is 5.56 Å². The summed E-state index contributed by atoms with van der Waals surface area (Å²) in [6, 6.07) is 13.1. The van der Waals surface area contributed by atoms with Crippen molar-refractivity contribution in [3.05, 3.63) is 59.9 Å². The molecule has 1 amide bonds. The van der Waals surface area contributed by atoms with Gasteiger partial charge in [-0.3, -0.25) is 4.79 Å². The molecule has 0 bridgehead atoms. The highest BCUT2D eigenvalue weighted by atomic mass is 16.1. The molecule has 0 aliphatic heterocycles. The van der Waals surface area contributed by atoms with Crippen LogP contribution in [0.3, 0.4) is 0 Å². The van der Waals surface area contributed by atoms with Crippen molar-refractivity contribution in [2.75, 3.05) is 5.32 Å². The molecule has 2 aromatic carbocycles. The maximum atomic E-state index is 12.1. The second-order valence-corrected chi connectivity index (χ2v) is 4.46. The van der Waals surface area contributed by atoms with Gasteiger partial charge in [-0.1, -0.05) is 12.1 Å². The Labute approximate surface area is 110 Å². The maximum absolute atomic E-state index is 12.1. The smallest absolute Gasteiger partial charge is 0.255 e. The number of aromatic amines is 1. The molecular weight excluding hydrogens is 238 g/mol.